The van der Waals surface area contributed by atoms with Gasteiger partial charge in [-0.25, -0.2) is 9.97 Å². The van der Waals surface area contributed by atoms with Gasteiger partial charge in [0.25, 0.3) is 0 Å². The van der Waals surface area contributed by atoms with E-state index in [9.17, 15) is 0 Å². The van der Waals surface area contributed by atoms with E-state index in [2.05, 4.69) is 50.9 Å². The molecule has 0 saturated heterocycles. The third kappa shape index (κ3) is 4.81. The van der Waals surface area contributed by atoms with Crippen LogP contribution in [0.4, 0.5) is 5.82 Å². The van der Waals surface area contributed by atoms with Crippen LogP contribution in [0.5, 0.6) is 5.75 Å². The summed E-state index contributed by atoms with van der Waals surface area (Å²) in [6.45, 7) is 9.09. The Balaban J connectivity index is 1.88. The zero-order chi connectivity index (χ0) is 23.8. The highest BCUT2D eigenvalue weighted by Crippen LogP contribution is 2.39. The van der Waals surface area contributed by atoms with Crippen LogP contribution < -0.4 is 9.64 Å². The van der Waals surface area contributed by atoms with Gasteiger partial charge in [-0.1, -0.05) is 68.8 Å². The molecule has 2 aromatic heterocycles. The van der Waals surface area contributed by atoms with Crippen molar-refractivity contribution in [2.24, 2.45) is 0 Å². The average Bonchev–Trinajstić information content (AvgIpc) is 2.78. The zero-order valence-corrected chi connectivity index (χ0v) is 20.9. The van der Waals surface area contributed by atoms with Gasteiger partial charge in [-0.2, -0.15) is 0 Å². The molecule has 0 fully saturated rings. The van der Waals surface area contributed by atoms with Gasteiger partial charge < -0.3 is 9.64 Å². The summed E-state index contributed by atoms with van der Waals surface area (Å²) in [6, 6.07) is 18.3. The summed E-state index contributed by atoms with van der Waals surface area (Å²) < 4.78 is 6.37. The number of hydrogen-bond acceptors (Lipinski definition) is 4. The van der Waals surface area contributed by atoms with E-state index < -0.39 is 0 Å². The predicted octanol–water partition coefficient (Wildman–Crippen LogP) is 7.20. The maximum atomic E-state index is 6.73. The first-order valence-corrected chi connectivity index (χ1v) is 11.5. The van der Waals surface area contributed by atoms with Crippen molar-refractivity contribution in [3.63, 3.8) is 0 Å². The number of fused-ring (bicyclic) bond motifs is 1. The molecule has 170 valence electrons. The first kappa shape index (κ1) is 23.1. The standard InChI is InChI=1S/C28H30ClN3O/c1-18-14-21(28(2,3)4)22(29)15-20(18)24-16-25(33-17-19-10-8-7-9-11-19)26-23(31-24)12-13-30-27(26)32(5)6/h7-16H,17H2,1-6H3. The van der Waals surface area contributed by atoms with Crippen LogP contribution in [0.3, 0.4) is 0 Å². The maximum Gasteiger partial charge on any atom is 0.141 e. The second-order valence-corrected chi connectivity index (χ2v) is 10.0. The van der Waals surface area contributed by atoms with E-state index in [1.807, 2.05) is 55.4 Å². The van der Waals surface area contributed by atoms with Gasteiger partial charge in [0.15, 0.2) is 0 Å². The van der Waals surface area contributed by atoms with Crippen molar-refractivity contribution in [1.29, 1.82) is 0 Å². The Morgan fingerprint density at radius 2 is 1.73 bits per heavy atom. The summed E-state index contributed by atoms with van der Waals surface area (Å²) in [5.41, 5.74) is 6.01. The lowest BCUT2D eigenvalue weighted by Crippen LogP contribution is -2.13. The highest BCUT2D eigenvalue weighted by molar-refractivity contribution is 6.31. The van der Waals surface area contributed by atoms with Crippen LogP contribution in [0.2, 0.25) is 5.02 Å². The molecule has 4 rings (SSSR count). The number of pyridine rings is 2. The molecule has 5 heteroatoms. The Morgan fingerprint density at radius 1 is 1.00 bits per heavy atom. The largest absolute Gasteiger partial charge is 0.488 e. The van der Waals surface area contributed by atoms with Gasteiger partial charge in [0.05, 0.1) is 16.6 Å². The van der Waals surface area contributed by atoms with Crippen LogP contribution in [0, 0.1) is 6.92 Å². The Hall–Kier alpha value is -3.11. The molecular formula is C28H30ClN3O. The molecule has 4 nitrogen and oxygen atoms in total. The minimum Gasteiger partial charge on any atom is -0.488 e. The summed E-state index contributed by atoms with van der Waals surface area (Å²) >= 11 is 6.73. The van der Waals surface area contributed by atoms with Gasteiger partial charge in [-0.15, -0.1) is 0 Å². The highest BCUT2D eigenvalue weighted by Gasteiger charge is 2.21. The number of halogens is 1. The van der Waals surface area contributed by atoms with E-state index in [-0.39, 0.29) is 5.41 Å². The van der Waals surface area contributed by atoms with Crippen LogP contribution >= 0.6 is 11.6 Å². The zero-order valence-electron chi connectivity index (χ0n) is 20.1. The van der Waals surface area contributed by atoms with Gasteiger partial charge in [0.1, 0.15) is 18.2 Å². The molecule has 0 aliphatic rings. The molecule has 33 heavy (non-hydrogen) atoms. The van der Waals surface area contributed by atoms with Crippen molar-refractivity contribution in [1.82, 2.24) is 9.97 Å². The van der Waals surface area contributed by atoms with Crippen molar-refractivity contribution < 1.29 is 4.74 Å². The molecule has 0 amide bonds. The van der Waals surface area contributed by atoms with E-state index in [4.69, 9.17) is 21.3 Å². The van der Waals surface area contributed by atoms with Crippen LogP contribution in [0.25, 0.3) is 22.2 Å². The van der Waals surface area contributed by atoms with E-state index in [0.29, 0.717) is 6.61 Å². The SMILES string of the molecule is Cc1cc(C(C)(C)C)c(Cl)cc1-c1cc(OCc2ccccc2)c2c(N(C)C)nccc2n1. The van der Waals surface area contributed by atoms with Gasteiger partial charge in [-0.05, 0) is 41.2 Å². The normalized spacial score (nSPS) is 11.6. The molecule has 4 aromatic rings. The fourth-order valence-electron chi connectivity index (χ4n) is 3.99. The maximum absolute atomic E-state index is 6.73. The van der Waals surface area contributed by atoms with E-state index in [1.54, 1.807) is 6.20 Å². The fourth-order valence-corrected chi connectivity index (χ4v) is 4.43. The molecule has 0 bridgehead atoms. The summed E-state index contributed by atoms with van der Waals surface area (Å²) in [7, 11) is 3.96. The molecule has 2 aromatic carbocycles. The Labute approximate surface area is 201 Å². The van der Waals surface area contributed by atoms with Crippen molar-refractivity contribution in [3.8, 4) is 17.0 Å². The Kier molecular flexibility index (Phi) is 6.31. The highest BCUT2D eigenvalue weighted by atomic mass is 35.5. The summed E-state index contributed by atoms with van der Waals surface area (Å²) in [6.07, 6.45) is 1.79. The molecule has 2 heterocycles. The third-order valence-corrected chi connectivity index (χ3v) is 6.04. The topological polar surface area (TPSA) is 38.2 Å². The molecule has 0 aliphatic carbocycles. The van der Waals surface area contributed by atoms with Crippen LogP contribution in [-0.2, 0) is 12.0 Å². The average molecular weight is 460 g/mol. The monoisotopic (exact) mass is 459 g/mol. The Bertz CT molecular complexity index is 1290. The van der Waals surface area contributed by atoms with Crippen molar-refractivity contribution in [2.45, 2.75) is 39.7 Å². The number of aryl methyl sites for hydroxylation is 1. The summed E-state index contributed by atoms with van der Waals surface area (Å²) in [5, 5.41) is 1.65. The summed E-state index contributed by atoms with van der Waals surface area (Å²) in [5.74, 6) is 1.58. The first-order chi connectivity index (χ1) is 15.6. The van der Waals surface area contributed by atoms with Crippen LogP contribution in [-0.4, -0.2) is 24.1 Å². The molecular weight excluding hydrogens is 430 g/mol. The van der Waals surface area contributed by atoms with Gasteiger partial charge >= 0.3 is 0 Å². The van der Waals surface area contributed by atoms with Crippen molar-refractivity contribution in [2.75, 3.05) is 19.0 Å². The number of benzene rings is 2. The second kappa shape index (κ2) is 9.03. The van der Waals surface area contributed by atoms with Crippen LogP contribution in [0.15, 0.2) is 60.8 Å². The van der Waals surface area contributed by atoms with Crippen molar-refractivity contribution in [3.05, 3.63) is 82.5 Å². The minimum atomic E-state index is -0.0343. The van der Waals surface area contributed by atoms with Gasteiger partial charge in [0.2, 0.25) is 0 Å². The van der Waals surface area contributed by atoms with Crippen molar-refractivity contribution >= 4 is 28.3 Å². The quantitative estimate of drug-likeness (QED) is 0.316. The molecule has 0 spiro atoms. The van der Waals surface area contributed by atoms with Gasteiger partial charge in [-0.3, -0.25) is 0 Å². The number of nitrogens with zero attached hydrogens (tertiary/aromatic N) is 3. The lowest BCUT2D eigenvalue weighted by atomic mass is 9.85. The number of rotatable bonds is 5. The number of anilines is 1. The molecule has 0 radical (unpaired) electrons. The minimum absolute atomic E-state index is 0.0343. The van der Waals surface area contributed by atoms with Crippen LogP contribution in [0.1, 0.15) is 37.5 Å². The fraction of sp³-hybridized carbons (Fsp3) is 0.286. The third-order valence-electron chi connectivity index (χ3n) is 5.72. The lowest BCUT2D eigenvalue weighted by molar-refractivity contribution is 0.310. The van der Waals surface area contributed by atoms with E-state index >= 15 is 0 Å². The number of ether oxygens (including phenoxy) is 1. The first-order valence-electron chi connectivity index (χ1n) is 11.1. The predicted molar refractivity (Wildman–Crippen MR) is 139 cm³/mol. The van der Waals surface area contributed by atoms with E-state index in [0.717, 1.165) is 55.4 Å². The molecule has 0 saturated carbocycles. The number of hydrogen-bond donors (Lipinski definition) is 0. The molecule has 0 aliphatic heterocycles. The second-order valence-electron chi connectivity index (χ2n) is 9.60. The molecule has 0 N–H and O–H groups in total. The molecule has 0 atom stereocenters. The smallest absolute Gasteiger partial charge is 0.141 e. The van der Waals surface area contributed by atoms with Gasteiger partial charge in [0, 0.05) is 36.9 Å². The molecule has 0 unspecified atom stereocenters. The summed E-state index contributed by atoms with van der Waals surface area (Å²) in [4.78, 5) is 11.6. The van der Waals surface area contributed by atoms with E-state index in [1.165, 1.54) is 0 Å². The number of aromatic nitrogens is 2. The Morgan fingerprint density at radius 3 is 2.39 bits per heavy atom. The lowest BCUT2D eigenvalue weighted by Gasteiger charge is -2.23.